The van der Waals surface area contributed by atoms with Gasteiger partial charge in [0, 0.05) is 17.0 Å². The number of hydrogen-bond acceptors (Lipinski definition) is 4. The summed E-state index contributed by atoms with van der Waals surface area (Å²) in [4.78, 5) is 0. The average Bonchev–Trinajstić information content (AvgIpc) is 2.31. The molecule has 18 heavy (non-hydrogen) atoms. The number of rotatable bonds is 7. The molecule has 1 rings (SSSR count). The van der Waals surface area contributed by atoms with Gasteiger partial charge in [0.1, 0.15) is 5.75 Å². The van der Waals surface area contributed by atoms with E-state index in [4.69, 9.17) is 11.1 Å². The van der Waals surface area contributed by atoms with Crippen LogP contribution in [0.3, 0.4) is 0 Å². The monoisotopic (exact) mass is 271 g/mol. The predicted octanol–water partition coefficient (Wildman–Crippen LogP) is 2.48. The van der Waals surface area contributed by atoms with Crippen molar-refractivity contribution in [1.82, 2.24) is 0 Å². The van der Waals surface area contributed by atoms with E-state index in [-0.39, 0.29) is 6.67 Å². The molecule has 0 bridgehead atoms. The molecule has 0 amide bonds. The molecular formula is C12H18FN3OS. The van der Waals surface area contributed by atoms with Crippen molar-refractivity contribution in [1.29, 1.82) is 5.41 Å². The first-order valence-electron chi connectivity index (χ1n) is 5.70. The van der Waals surface area contributed by atoms with Gasteiger partial charge < -0.3 is 15.7 Å². The molecule has 0 heterocycles. The van der Waals surface area contributed by atoms with Crippen LogP contribution in [-0.2, 0) is 11.4 Å². The lowest BCUT2D eigenvalue weighted by Crippen LogP contribution is -2.17. The van der Waals surface area contributed by atoms with Gasteiger partial charge in [-0.15, -0.1) is 0 Å². The van der Waals surface area contributed by atoms with Crippen molar-refractivity contribution in [3.8, 4) is 0 Å². The Hall–Kier alpha value is -1.27. The van der Waals surface area contributed by atoms with Crippen LogP contribution < -0.4 is 10.5 Å². The third kappa shape index (κ3) is 4.54. The van der Waals surface area contributed by atoms with E-state index in [0.29, 0.717) is 41.2 Å². The Bertz CT molecular complexity index is 414. The molecule has 4 N–H and O–H groups in total. The Balaban J connectivity index is 2.62. The zero-order valence-corrected chi connectivity index (χ0v) is 11.1. The quantitative estimate of drug-likeness (QED) is 0.308. The Morgan fingerprint density at radius 3 is 2.83 bits per heavy atom. The van der Waals surface area contributed by atoms with E-state index in [2.05, 4.69) is 4.72 Å². The maximum Gasteiger partial charge on any atom is 0.131 e. The molecule has 0 aliphatic rings. The van der Waals surface area contributed by atoms with E-state index in [9.17, 15) is 8.94 Å². The maximum atomic E-state index is 11.9. The van der Waals surface area contributed by atoms with Gasteiger partial charge >= 0.3 is 0 Å². The van der Waals surface area contributed by atoms with E-state index < -0.39 is 11.4 Å². The maximum absolute atomic E-state index is 11.9. The number of halogens is 1. The molecule has 0 radical (unpaired) electrons. The normalized spacial score (nSPS) is 12.2. The number of nitrogen functional groups attached to an aromatic ring is 1. The zero-order valence-electron chi connectivity index (χ0n) is 10.3. The van der Waals surface area contributed by atoms with Crippen LogP contribution in [0, 0.1) is 5.41 Å². The average molecular weight is 271 g/mol. The minimum Gasteiger partial charge on any atom is -0.593 e. The summed E-state index contributed by atoms with van der Waals surface area (Å²) in [5.41, 5.74) is 7.90. The topological polar surface area (TPSA) is 85.0 Å². The van der Waals surface area contributed by atoms with Crippen LogP contribution >= 0.6 is 0 Å². The Morgan fingerprint density at radius 2 is 2.22 bits per heavy atom. The van der Waals surface area contributed by atoms with Gasteiger partial charge in [0.2, 0.25) is 0 Å². The van der Waals surface area contributed by atoms with Crippen molar-refractivity contribution in [3.63, 3.8) is 0 Å². The summed E-state index contributed by atoms with van der Waals surface area (Å²) < 4.78 is 26.4. The molecule has 1 aromatic carbocycles. The van der Waals surface area contributed by atoms with Gasteiger partial charge in [-0.2, -0.15) is 0 Å². The molecule has 1 atom stereocenters. The van der Waals surface area contributed by atoms with Crippen molar-refractivity contribution in [3.05, 3.63) is 23.8 Å². The number of nitrogens with one attached hydrogen (secondary N) is 2. The molecule has 1 unspecified atom stereocenters. The predicted molar refractivity (Wildman–Crippen MR) is 75.2 cm³/mol. The lowest BCUT2D eigenvalue weighted by molar-refractivity contribution is 0.468. The highest BCUT2D eigenvalue weighted by atomic mass is 32.2. The van der Waals surface area contributed by atoms with Gasteiger partial charge in [-0.05, 0) is 38.0 Å². The van der Waals surface area contributed by atoms with Crippen LogP contribution in [0.1, 0.15) is 25.3 Å². The first-order chi connectivity index (χ1) is 8.54. The van der Waals surface area contributed by atoms with Crippen molar-refractivity contribution in [2.24, 2.45) is 0 Å². The van der Waals surface area contributed by atoms with Gasteiger partial charge in [0.25, 0.3) is 0 Å². The zero-order chi connectivity index (χ0) is 13.5. The molecule has 0 aromatic heterocycles. The van der Waals surface area contributed by atoms with Crippen molar-refractivity contribution < 1.29 is 8.94 Å². The van der Waals surface area contributed by atoms with E-state index in [1.54, 1.807) is 25.1 Å². The van der Waals surface area contributed by atoms with Crippen molar-refractivity contribution in [2.75, 3.05) is 22.9 Å². The van der Waals surface area contributed by atoms with Crippen LogP contribution in [0.2, 0.25) is 0 Å². The first kappa shape index (κ1) is 14.8. The third-order valence-electron chi connectivity index (χ3n) is 2.40. The number of hydrogen-bond donors (Lipinski definition) is 3. The molecular weight excluding hydrogens is 253 g/mol. The van der Waals surface area contributed by atoms with Gasteiger partial charge in [0.15, 0.2) is 0 Å². The summed E-state index contributed by atoms with van der Waals surface area (Å²) in [7, 11) is 0. The Kier molecular flexibility index (Phi) is 5.94. The van der Waals surface area contributed by atoms with Gasteiger partial charge in [-0.25, -0.2) is 4.72 Å². The summed E-state index contributed by atoms with van der Waals surface area (Å²) in [6.07, 6.45) is 1.02. The van der Waals surface area contributed by atoms with Crippen molar-refractivity contribution in [2.45, 2.75) is 19.8 Å². The lowest BCUT2D eigenvalue weighted by Gasteiger charge is -2.13. The van der Waals surface area contributed by atoms with Crippen LogP contribution in [-0.4, -0.2) is 22.7 Å². The number of alkyl halides is 1. The molecule has 0 saturated carbocycles. The molecule has 0 spiro atoms. The molecule has 1 aromatic rings. The Labute approximate surface area is 110 Å². The summed E-state index contributed by atoms with van der Waals surface area (Å²) in [5.74, 6) is 0.410. The summed E-state index contributed by atoms with van der Waals surface area (Å²) in [5, 5.41) is 7.57. The van der Waals surface area contributed by atoms with Crippen LogP contribution in [0.4, 0.5) is 15.8 Å². The van der Waals surface area contributed by atoms with Gasteiger partial charge in [-0.1, -0.05) is 0 Å². The van der Waals surface area contributed by atoms with E-state index >= 15 is 0 Å². The third-order valence-corrected chi connectivity index (χ3v) is 3.53. The fraction of sp³-hybridized carbons (Fsp3) is 0.417. The van der Waals surface area contributed by atoms with Crippen molar-refractivity contribution >= 4 is 28.4 Å². The molecule has 0 saturated heterocycles. The minimum atomic E-state index is -1.23. The lowest BCUT2D eigenvalue weighted by atomic mass is 10.1. The van der Waals surface area contributed by atoms with E-state index in [1.165, 1.54) is 0 Å². The van der Waals surface area contributed by atoms with Crippen LogP contribution in [0.15, 0.2) is 18.2 Å². The summed E-state index contributed by atoms with van der Waals surface area (Å²) >= 11 is -1.23. The molecule has 0 aliphatic heterocycles. The number of benzene rings is 1. The largest absolute Gasteiger partial charge is 0.593 e. The standard InChI is InChI=1S/C12H18FN3OS/c1-9(14)11-8-10(4-5-12(11)15)16-18(17)7-3-2-6-13/h4-5,8,14,16H,2-3,6-7,15H2,1H3. The van der Waals surface area contributed by atoms with Crippen LogP contribution in [0.25, 0.3) is 0 Å². The second-order valence-corrected chi connectivity index (χ2v) is 5.28. The fourth-order valence-corrected chi connectivity index (χ4v) is 2.41. The summed E-state index contributed by atoms with van der Waals surface area (Å²) in [6, 6.07) is 5.09. The summed E-state index contributed by atoms with van der Waals surface area (Å²) in [6.45, 7) is 1.27. The molecule has 4 nitrogen and oxygen atoms in total. The number of unbranched alkanes of at least 4 members (excludes halogenated alkanes) is 1. The van der Waals surface area contributed by atoms with Crippen LogP contribution in [0.5, 0.6) is 0 Å². The fourth-order valence-electron chi connectivity index (χ4n) is 1.45. The molecule has 6 heteroatoms. The highest BCUT2D eigenvalue weighted by Crippen LogP contribution is 2.19. The minimum absolute atomic E-state index is 0.361. The van der Waals surface area contributed by atoms with Gasteiger partial charge in [-0.3, -0.25) is 4.39 Å². The highest BCUT2D eigenvalue weighted by Gasteiger charge is 2.09. The second kappa shape index (κ2) is 7.23. The number of nitrogens with two attached hydrogens (primary N) is 1. The van der Waals surface area contributed by atoms with E-state index in [1.807, 2.05) is 0 Å². The first-order valence-corrected chi connectivity index (χ1v) is 7.02. The molecule has 100 valence electrons. The van der Waals surface area contributed by atoms with E-state index in [0.717, 1.165) is 0 Å². The highest BCUT2D eigenvalue weighted by molar-refractivity contribution is 7.92. The number of anilines is 2. The SMILES string of the molecule is CC(=N)c1cc(N[S+]([O-])CCCCF)ccc1N. The molecule has 0 aliphatic carbocycles. The smallest absolute Gasteiger partial charge is 0.131 e. The van der Waals surface area contributed by atoms with Gasteiger partial charge in [0.05, 0.1) is 23.7 Å². The molecule has 0 fully saturated rings. The second-order valence-electron chi connectivity index (χ2n) is 3.97. The Morgan fingerprint density at radius 1 is 1.50 bits per heavy atom.